The fourth-order valence-corrected chi connectivity index (χ4v) is 3.21. The fraction of sp³-hybridized carbons (Fsp3) is 0.364. The maximum atomic E-state index is 12.4. The van der Waals surface area contributed by atoms with E-state index >= 15 is 0 Å². The molecule has 0 fully saturated rings. The molecule has 0 bridgehead atoms. The first-order valence-corrected chi connectivity index (χ1v) is 11.8. The van der Waals surface area contributed by atoms with Gasteiger partial charge in [0.2, 0.25) is 0 Å². The molecule has 9 nitrogen and oxygen atoms in total. The highest BCUT2D eigenvalue weighted by Crippen LogP contribution is 2.24. The predicted octanol–water partition coefficient (Wildman–Crippen LogP) is 2.75. The molecule has 1 unspecified atom stereocenters. The van der Waals surface area contributed by atoms with Crippen LogP contribution in [0.5, 0.6) is 0 Å². The lowest BCUT2D eigenvalue weighted by Crippen LogP contribution is -2.32. The predicted molar refractivity (Wildman–Crippen MR) is 125 cm³/mol. The summed E-state index contributed by atoms with van der Waals surface area (Å²) in [6.45, 7) is 10.3. The normalized spacial score (nSPS) is 12.1. The molecule has 3 rings (SSSR count). The smallest absolute Gasteiger partial charge is 0.261 e. The molecule has 2 aromatic heterocycles. The maximum Gasteiger partial charge on any atom is 0.261 e. The van der Waals surface area contributed by atoms with Crippen LogP contribution in [0.4, 0.5) is 5.69 Å². The number of hydrogen-bond donors (Lipinski definition) is 4. The fourth-order valence-electron chi connectivity index (χ4n) is 3.21. The Morgan fingerprint density at radius 1 is 1.19 bits per heavy atom. The lowest BCUT2D eigenvalue weighted by Gasteiger charge is -2.15. The van der Waals surface area contributed by atoms with Gasteiger partial charge < -0.3 is 20.1 Å². The van der Waals surface area contributed by atoms with E-state index in [1.165, 1.54) is 23.6 Å². The highest BCUT2D eigenvalue weighted by molar-refractivity contribution is 7.85. The van der Waals surface area contributed by atoms with E-state index in [1.54, 1.807) is 12.3 Å². The van der Waals surface area contributed by atoms with Crippen molar-refractivity contribution in [1.29, 1.82) is 0 Å². The summed E-state index contributed by atoms with van der Waals surface area (Å²) in [5.74, 6) is -0.326. The van der Waals surface area contributed by atoms with E-state index in [4.69, 9.17) is 4.55 Å². The summed E-state index contributed by atoms with van der Waals surface area (Å²) >= 11 is 0. The highest BCUT2D eigenvalue weighted by Gasteiger charge is 2.16. The van der Waals surface area contributed by atoms with E-state index in [-0.39, 0.29) is 5.91 Å². The zero-order valence-electron chi connectivity index (χ0n) is 19.1. The van der Waals surface area contributed by atoms with Gasteiger partial charge in [-0.1, -0.05) is 18.2 Å². The Kier molecular flexibility index (Phi) is 8.00. The van der Waals surface area contributed by atoms with Gasteiger partial charge in [-0.3, -0.25) is 9.35 Å². The first-order valence-electron chi connectivity index (χ1n) is 9.97. The van der Waals surface area contributed by atoms with Crippen molar-refractivity contribution >= 4 is 27.4 Å². The second-order valence-electron chi connectivity index (χ2n) is 7.73. The van der Waals surface area contributed by atoms with Crippen LogP contribution < -0.4 is 10.6 Å². The molecule has 1 atom stereocenters. The summed E-state index contributed by atoms with van der Waals surface area (Å²) in [5.41, 5.74) is 7.60. The number of rotatable bonds is 5. The number of amides is 1. The van der Waals surface area contributed by atoms with Crippen LogP contribution in [0.25, 0.3) is 5.65 Å². The SMILES string of the molecule is CS(=O)(=O)O.Cc1cccc(C)c1CNc1cc(C(=O)NC(C)O)cn2c(C)c(C)nc12. The number of benzene rings is 1. The topological polar surface area (TPSA) is 133 Å². The molecule has 0 radical (unpaired) electrons. The number of carbonyl (C=O) groups is 1. The average molecular weight is 463 g/mol. The Labute approximate surface area is 188 Å². The van der Waals surface area contributed by atoms with E-state index in [1.807, 2.05) is 18.2 Å². The molecule has 4 N–H and O–H groups in total. The van der Waals surface area contributed by atoms with E-state index < -0.39 is 16.3 Å². The van der Waals surface area contributed by atoms with Gasteiger partial charge in [0.25, 0.3) is 16.0 Å². The molecule has 0 saturated carbocycles. The van der Waals surface area contributed by atoms with Gasteiger partial charge in [-0.2, -0.15) is 8.42 Å². The number of aliphatic hydroxyl groups is 1. The van der Waals surface area contributed by atoms with Crippen molar-refractivity contribution < 1.29 is 22.9 Å². The zero-order valence-corrected chi connectivity index (χ0v) is 19.9. The van der Waals surface area contributed by atoms with Crippen molar-refractivity contribution in [3.8, 4) is 0 Å². The van der Waals surface area contributed by atoms with Gasteiger partial charge in [0.15, 0.2) is 5.65 Å². The van der Waals surface area contributed by atoms with Crippen molar-refractivity contribution in [1.82, 2.24) is 14.7 Å². The number of aliphatic hydroxyl groups excluding tert-OH is 1. The molecule has 174 valence electrons. The van der Waals surface area contributed by atoms with Crippen LogP contribution in [0.3, 0.4) is 0 Å². The minimum Gasteiger partial charge on any atom is -0.378 e. The lowest BCUT2D eigenvalue weighted by atomic mass is 10.0. The Morgan fingerprint density at radius 3 is 2.28 bits per heavy atom. The summed E-state index contributed by atoms with van der Waals surface area (Å²) in [5, 5.41) is 15.4. The van der Waals surface area contributed by atoms with Gasteiger partial charge in [-0.25, -0.2) is 4.98 Å². The Balaban J connectivity index is 0.000000654. The molecule has 10 heteroatoms. The quantitative estimate of drug-likeness (QED) is 0.338. The molecule has 0 aliphatic rings. The molecule has 2 heterocycles. The number of nitrogens with one attached hydrogen (secondary N) is 2. The summed E-state index contributed by atoms with van der Waals surface area (Å²) in [7, 11) is -3.67. The van der Waals surface area contributed by atoms with E-state index in [0.29, 0.717) is 18.4 Å². The largest absolute Gasteiger partial charge is 0.378 e. The highest BCUT2D eigenvalue weighted by atomic mass is 32.2. The van der Waals surface area contributed by atoms with Crippen LogP contribution in [0.2, 0.25) is 0 Å². The number of aryl methyl sites for hydroxylation is 4. The minimum atomic E-state index is -3.67. The third-order valence-electron chi connectivity index (χ3n) is 4.90. The summed E-state index contributed by atoms with van der Waals surface area (Å²) in [6.07, 6.45) is 1.56. The number of aromatic nitrogens is 2. The van der Waals surface area contributed by atoms with E-state index in [0.717, 1.165) is 22.7 Å². The molecule has 0 aliphatic heterocycles. The van der Waals surface area contributed by atoms with Gasteiger partial charge in [-0.05, 0) is 57.4 Å². The molecule has 1 amide bonds. The van der Waals surface area contributed by atoms with Crippen LogP contribution in [-0.2, 0) is 16.7 Å². The third-order valence-corrected chi connectivity index (χ3v) is 4.90. The second-order valence-corrected chi connectivity index (χ2v) is 9.19. The molecule has 0 spiro atoms. The van der Waals surface area contributed by atoms with Crippen LogP contribution in [0.1, 0.15) is 45.4 Å². The maximum absolute atomic E-state index is 12.4. The van der Waals surface area contributed by atoms with Gasteiger partial charge in [0.05, 0.1) is 23.2 Å². The standard InChI is InChI=1S/C21H26N4O2.CH4O3S/c1-12-7-6-8-13(2)18(12)10-22-19-9-17(21(27)24-16(5)26)11-25-15(4)14(3)23-20(19)25;1-5(2,3)4/h6-9,11,16,22,26H,10H2,1-5H3,(H,24,27);1H3,(H,2,3,4). The van der Waals surface area contributed by atoms with Crippen molar-refractivity contribution in [2.75, 3.05) is 11.6 Å². The Bertz CT molecular complexity index is 1200. The minimum absolute atomic E-state index is 0.326. The van der Waals surface area contributed by atoms with E-state index in [9.17, 15) is 18.3 Å². The van der Waals surface area contributed by atoms with Crippen molar-refractivity contribution in [2.45, 2.75) is 47.4 Å². The van der Waals surface area contributed by atoms with Gasteiger partial charge in [0.1, 0.15) is 6.23 Å². The Hall–Kier alpha value is -2.95. The van der Waals surface area contributed by atoms with Crippen molar-refractivity contribution in [2.24, 2.45) is 0 Å². The number of pyridine rings is 1. The third kappa shape index (κ3) is 6.78. The summed E-state index contributed by atoms with van der Waals surface area (Å²) in [6, 6.07) is 8.02. The van der Waals surface area contributed by atoms with Crippen LogP contribution >= 0.6 is 0 Å². The van der Waals surface area contributed by atoms with Crippen molar-refractivity contribution in [3.05, 3.63) is 64.1 Å². The molecular weight excluding hydrogens is 432 g/mol. The lowest BCUT2D eigenvalue weighted by molar-refractivity contribution is 0.0818. The van der Waals surface area contributed by atoms with E-state index in [2.05, 4.69) is 47.7 Å². The molecular formula is C22H30N4O5S. The van der Waals surface area contributed by atoms with Crippen molar-refractivity contribution in [3.63, 3.8) is 0 Å². The van der Waals surface area contributed by atoms with Gasteiger partial charge >= 0.3 is 0 Å². The van der Waals surface area contributed by atoms with Gasteiger partial charge in [0, 0.05) is 18.4 Å². The average Bonchev–Trinajstić information content (AvgIpc) is 2.94. The number of imidazole rings is 1. The first kappa shape index (κ1) is 25.3. The number of carbonyl (C=O) groups excluding carboxylic acids is 1. The molecule has 3 aromatic rings. The monoisotopic (exact) mass is 462 g/mol. The second kappa shape index (κ2) is 10.1. The molecule has 32 heavy (non-hydrogen) atoms. The Morgan fingerprint density at radius 2 is 1.75 bits per heavy atom. The first-order chi connectivity index (χ1) is 14.8. The van der Waals surface area contributed by atoms with Crippen LogP contribution in [-0.4, -0.2) is 45.9 Å². The molecule has 1 aromatic carbocycles. The summed E-state index contributed by atoms with van der Waals surface area (Å²) in [4.78, 5) is 17.1. The van der Waals surface area contributed by atoms with Gasteiger partial charge in [-0.15, -0.1) is 0 Å². The number of hydrogen-bond acceptors (Lipinski definition) is 6. The van der Waals surface area contributed by atoms with Crippen LogP contribution in [0.15, 0.2) is 30.5 Å². The zero-order chi connectivity index (χ0) is 24.2. The number of fused-ring (bicyclic) bond motifs is 1. The van der Waals surface area contributed by atoms with Crippen LogP contribution in [0, 0.1) is 27.7 Å². The molecule has 0 saturated heterocycles. The number of nitrogens with zero attached hydrogens (tertiary/aromatic N) is 2. The number of anilines is 1. The summed E-state index contributed by atoms with van der Waals surface area (Å²) < 4.78 is 27.8. The molecule has 0 aliphatic carbocycles.